The Hall–Kier alpha value is -2.90. The van der Waals surface area contributed by atoms with Crippen LogP contribution < -0.4 is 10.1 Å². The van der Waals surface area contributed by atoms with Crippen molar-refractivity contribution in [3.8, 4) is 5.75 Å². The number of carbonyl (C=O) groups excluding carboxylic acids is 1. The van der Waals surface area contributed by atoms with Crippen LogP contribution in [0.3, 0.4) is 0 Å². The van der Waals surface area contributed by atoms with E-state index in [9.17, 15) is 14.9 Å². The first kappa shape index (κ1) is 13.5. The molecule has 0 radical (unpaired) electrons. The molecule has 2 aromatic rings. The molecule has 8 nitrogen and oxygen atoms in total. The zero-order chi connectivity index (χ0) is 14.7. The van der Waals surface area contributed by atoms with Gasteiger partial charge < -0.3 is 10.1 Å². The van der Waals surface area contributed by atoms with E-state index in [1.165, 1.54) is 25.3 Å². The van der Waals surface area contributed by atoms with Crippen molar-refractivity contribution in [2.75, 3.05) is 12.4 Å². The summed E-state index contributed by atoms with van der Waals surface area (Å²) >= 11 is 0. The number of carbonyl (C=O) groups is 1. The predicted molar refractivity (Wildman–Crippen MR) is 70.9 cm³/mol. The van der Waals surface area contributed by atoms with Gasteiger partial charge in [-0.1, -0.05) is 0 Å². The highest BCUT2D eigenvalue weighted by Gasteiger charge is 2.17. The van der Waals surface area contributed by atoms with E-state index in [1.54, 1.807) is 13.1 Å². The summed E-state index contributed by atoms with van der Waals surface area (Å²) in [5, 5.41) is 19.7. The standard InChI is InChI=1S/C12H12N4O4/c1-7-6-13-15-11(7)14-12(17)9-4-3-8(16(18)19)5-10(9)20-2/h3-6H,1-2H3,(H2,13,14,15,17). The molecule has 0 unspecified atom stereocenters. The Balaban J connectivity index is 2.30. The number of non-ortho nitro benzene ring substituents is 1. The summed E-state index contributed by atoms with van der Waals surface area (Å²) in [6.45, 7) is 1.78. The highest BCUT2D eigenvalue weighted by Crippen LogP contribution is 2.25. The van der Waals surface area contributed by atoms with Gasteiger partial charge in [0, 0.05) is 11.6 Å². The highest BCUT2D eigenvalue weighted by molar-refractivity contribution is 6.06. The van der Waals surface area contributed by atoms with E-state index in [-0.39, 0.29) is 17.0 Å². The summed E-state index contributed by atoms with van der Waals surface area (Å²) in [5.74, 6) is 0.161. The number of methoxy groups -OCH3 is 1. The van der Waals surface area contributed by atoms with Gasteiger partial charge in [-0.15, -0.1) is 0 Å². The number of H-pyrrole nitrogens is 1. The van der Waals surface area contributed by atoms with Crippen molar-refractivity contribution in [2.24, 2.45) is 0 Å². The highest BCUT2D eigenvalue weighted by atomic mass is 16.6. The maximum atomic E-state index is 12.1. The maximum absolute atomic E-state index is 12.1. The molecule has 0 atom stereocenters. The number of anilines is 1. The third kappa shape index (κ3) is 2.58. The molecule has 0 aliphatic carbocycles. The molecular weight excluding hydrogens is 264 g/mol. The lowest BCUT2D eigenvalue weighted by Gasteiger charge is -2.08. The molecule has 0 aliphatic rings. The van der Waals surface area contributed by atoms with Crippen LogP contribution in [0.15, 0.2) is 24.4 Å². The number of nitrogens with zero attached hydrogens (tertiary/aromatic N) is 2. The molecule has 2 rings (SSSR count). The Bertz CT molecular complexity index is 665. The fraction of sp³-hybridized carbons (Fsp3) is 0.167. The van der Waals surface area contributed by atoms with Crippen LogP contribution in [0, 0.1) is 17.0 Å². The Morgan fingerprint density at radius 3 is 2.80 bits per heavy atom. The molecule has 2 N–H and O–H groups in total. The average Bonchev–Trinajstić information content (AvgIpc) is 2.83. The molecule has 0 spiro atoms. The summed E-state index contributed by atoms with van der Waals surface area (Å²) in [7, 11) is 1.34. The number of amides is 1. The van der Waals surface area contributed by atoms with Crippen LogP contribution in [0.4, 0.5) is 11.5 Å². The molecule has 0 saturated carbocycles. The molecule has 1 aromatic heterocycles. The third-order valence-corrected chi connectivity index (χ3v) is 2.71. The average molecular weight is 276 g/mol. The molecule has 20 heavy (non-hydrogen) atoms. The lowest BCUT2D eigenvalue weighted by molar-refractivity contribution is -0.384. The molecule has 1 amide bonds. The van der Waals surface area contributed by atoms with Gasteiger partial charge in [0.05, 0.1) is 29.9 Å². The van der Waals surface area contributed by atoms with E-state index in [2.05, 4.69) is 15.5 Å². The molecule has 0 aliphatic heterocycles. The van der Waals surface area contributed by atoms with Crippen molar-refractivity contribution in [2.45, 2.75) is 6.92 Å². The largest absolute Gasteiger partial charge is 0.496 e. The van der Waals surface area contributed by atoms with E-state index in [0.29, 0.717) is 5.82 Å². The number of ether oxygens (including phenoxy) is 1. The number of nitro benzene ring substituents is 1. The SMILES string of the molecule is COc1cc([N+](=O)[O-])ccc1C(=O)Nc1[nH]ncc1C. The van der Waals surface area contributed by atoms with Crippen molar-refractivity contribution >= 4 is 17.4 Å². The van der Waals surface area contributed by atoms with E-state index in [0.717, 1.165) is 5.56 Å². The normalized spacial score (nSPS) is 10.1. The summed E-state index contributed by atoms with van der Waals surface area (Å²) in [4.78, 5) is 22.3. The van der Waals surface area contributed by atoms with Gasteiger partial charge in [-0.3, -0.25) is 20.0 Å². The molecule has 8 heteroatoms. The van der Waals surface area contributed by atoms with Crippen LogP contribution in [0.5, 0.6) is 5.75 Å². The zero-order valence-electron chi connectivity index (χ0n) is 10.8. The minimum atomic E-state index is -0.552. The van der Waals surface area contributed by atoms with Gasteiger partial charge in [-0.2, -0.15) is 5.10 Å². The second kappa shape index (κ2) is 5.39. The molecule has 0 saturated heterocycles. The number of nitrogens with one attached hydrogen (secondary N) is 2. The number of aromatic amines is 1. The van der Waals surface area contributed by atoms with E-state index < -0.39 is 10.8 Å². The van der Waals surface area contributed by atoms with Crippen LogP contribution >= 0.6 is 0 Å². The van der Waals surface area contributed by atoms with Crippen LogP contribution in [-0.4, -0.2) is 28.1 Å². The molecular formula is C12H12N4O4. The first-order valence-corrected chi connectivity index (χ1v) is 5.66. The monoisotopic (exact) mass is 276 g/mol. The summed E-state index contributed by atoms with van der Waals surface area (Å²) in [5.41, 5.74) is 0.836. The second-order valence-electron chi connectivity index (χ2n) is 4.02. The minimum absolute atomic E-state index is 0.133. The minimum Gasteiger partial charge on any atom is -0.496 e. The van der Waals surface area contributed by atoms with Crippen molar-refractivity contribution in [3.05, 3.63) is 45.6 Å². The van der Waals surface area contributed by atoms with Gasteiger partial charge in [0.25, 0.3) is 11.6 Å². The smallest absolute Gasteiger partial charge is 0.273 e. The zero-order valence-corrected chi connectivity index (χ0v) is 10.8. The first-order chi connectivity index (χ1) is 9.52. The van der Waals surface area contributed by atoms with Crippen molar-refractivity contribution in [3.63, 3.8) is 0 Å². The number of hydrogen-bond donors (Lipinski definition) is 2. The second-order valence-corrected chi connectivity index (χ2v) is 4.02. The van der Waals surface area contributed by atoms with Gasteiger partial charge in [0.1, 0.15) is 11.6 Å². The van der Waals surface area contributed by atoms with Gasteiger partial charge >= 0.3 is 0 Å². The van der Waals surface area contributed by atoms with Crippen molar-refractivity contribution < 1.29 is 14.5 Å². The Labute approximate surface area is 113 Å². The van der Waals surface area contributed by atoms with Gasteiger partial charge in [0.15, 0.2) is 0 Å². The number of hydrogen-bond acceptors (Lipinski definition) is 5. The van der Waals surface area contributed by atoms with Crippen LogP contribution in [0.2, 0.25) is 0 Å². The van der Waals surface area contributed by atoms with Crippen LogP contribution in [-0.2, 0) is 0 Å². The fourth-order valence-corrected chi connectivity index (χ4v) is 1.63. The number of nitro groups is 1. The quantitative estimate of drug-likeness (QED) is 0.654. The number of benzene rings is 1. The molecule has 0 bridgehead atoms. The number of aryl methyl sites for hydroxylation is 1. The van der Waals surface area contributed by atoms with Gasteiger partial charge in [-0.25, -0.2) is 0 Å². The summed E-state index contributed by atoms with van der Waals surface area (Å²) < 4.78 is 5.02. The van der Waals surface area contributed by atoms with Gasteiger partial charge in [-0.05, 0) is 13.0 Å². The summed E-state index contributed by atoms with van der Waals surface area (Å²) in [6.07, 6.45) is 1.57. The lowest BCUT2D eigenvalue weighted by atomic mass is 10.1. The first-order valence-electron chi connectivity index (χ1n) is 5.66. The Morgan fingerprint density at radius 2 is 2.25 bits per heavy atom. The topological polar surface area (TPSA) is 110 Å². The predicted octanol–water partition coefficient (Wildman–Crippen LogP) is 1.89. The van der Waals surface area contributed by atoms with E-state index in [4.69, 9.17) is 4.74 Å². The molecule has 1 aromatic carbocycles. The Kier molecular flexibility index (Phi) is 3.65. The Morgan fingerprint density at radius 1 is 1.50 bits per heavy atom. The van der Waals surface area contributed by atoms with Gasteiger partial charge in [0.2, 0.25) is 0 Å². The maximum Gasteiger partial charge on any atom is 0.273 e. The molecule has 1 heterocycles. The molecule has 104 valence electrons. The number of aromatic nitrogens is 2. The molecule has 0 fully saturated rings. The lowest BCUT2D eigenvalue weighted by Crippen LogP contribution is -2.14. The fourth-order valence-electron chi connectivity index (χ4n) is 1.63. The van der Waals surface area contributed by atoms with Crippen LogP contribution in [0.1, 0.15) is 15.9 Å². The van der Waals surface area contributed by atoms with Crippen molar-refractivity contribution in [1.29, 1.82) is 0 Å². The third-order valence-electron chi connectivity index (χ3n) is 2.71. The van der Waals surface area contributed by atoms with E-state index >= 15 is 0 Å². The van der Waals surface area contributed by atoms with Crippen LogP contribution in [0.25, 0.3) is 0 Å². The van der Waals surface area contributed by atoms with Crippen molar-refractivity contribution in [1.82, 2.24) is 10.2 Å². The van der Waals surface area contributed by atoms with E-state index in [1.807, 2.05) is 0 Å². The number of rotatable bonds is 4. The summed E-state index contributed by atoms with van der Waals surface area (Å²) in [6, 6.07) is 3.80.